The first-order chi connectivity index (χ1) is 15.5. The number of thiophene rings is 1. The summed E-state index contributed by atoms with van der Waals surface area (Å²) in [7, 11) is 0. The minimum absolute atomic E-state index is 0.0674. The molecule has 1 amide bonds. The van der Waals surface area contributed by atoms with Crippen LogP contribution in [0, 0.1) is 10.6 Å². The number of para-hydroxylation sites is 1. The molecule has 2 aromatic heterocycles. The van der Waals surface area contributed by atoms with Crippen molar-refractivity contribution in [1.82, 2.24) is 20.1 Å². The summed E-state index contributed by atoms with van der Waals surface area (Å²) in [6, 6.07) is 18.3. The number of carbonyl (C=O) groups excluding carboxylic acids is 1. The maximum absolute atomic E-state index is 14.0. The molecule has 2 atom stereocenters. The van der Waals surface area contributed by atoms with Crippen molar-refractivity contribution in [3.8, 4) is 16.5 Å². The zero-order chi connectivity index (χ0) is 22.5. The molecule has 2 N–H and O–H groups in total. The molecule has 0 fully saturated rings. The highest BCUT2D eigenvalue weighted by Gasteiger charge is 2.24. The van der Waals surface area contributed by atoms with Gasteiger partial charge in [-0.1, -0.05) is 48.5 Å². The van der Waals surface area contributed by atoms with Gasteiger partial charge in [0.2, 0.25) is 5.91 Å². The molecule has 4 rings (SSSR count). The molecule has 0 aliphatic heterocycles. The van der Waals surface area contributed by atoms with Crippen LogP contribution in [-0.2, 0) is 4.79 Å². The fourth-order valence-corrected chi connectivity index (χ4v) is 4.30. The predicted molar refractivity (Wildman–Crippen MR) is 125 cm³/mol. The van der Waals surface area contributed by atoms with Crippen molar-refractivity contribution in [3.05, 3.63) is 88.3 Å². The highest BCUT2D eigenvalue weighted by molar-refractivity contribution is 7.71. The second-order valence-corrected chi connectivity index (χ2v) is 8.42. The number of hydrogen-bond donors (Lipinski definition) is 2. The molecule has 0 saturated heterocycles. The molecule has 164 valence electrons. The molecule has 32 heavy (non-hydrogen) atoms. The normalized spacial score (nSPS) is 12.8. The molecule has 0 bridgehead atoms. The largest absolute Gasteiger partial charge is 0.488 e. The molecular formula is C23H21FN4O2S2. The Kier molecular flexibility index (Phi) is 6.77. The summed E-state index contributed by atoms with van der Waals surface area (Å²) in [5, 5.41) is 12.0. The molecule has 0 saturated carbocycles. The first-order valence-corrected chi connectivity index (χ1v) is 11.3. The summed E-state index contributed by atoms with van der Waals surface area (Å²) in [6.07, 6.45) is 0. The Hall–Kier alpha value is -3.30. The number of aromatic nitrogens is 3. The molecule has 2 unspecified atom stereocenters. The van der Waals surface area contributed by atoms with Crippen LogP contribution >= 0.6 is 23.6 Å². The Bertz CT molecular complexity index is 1240. The summed E-state index contributed by atoms with van der Waals surface area (Å²) in [4.78, 5) is 14.1. The Morgan fingerprint density at radius 2 is 1.94 bits per heavy atom. The van der Waals surface area contributed by atoms with E-state index in [-0.39, 0.29) is 18.3 Å². The molecule has 2 heterocycles. The lowest BCUT2D eigenvalue weighted by atomic mass is 10.1. The number of halogens is 1. The lowest BCUT2D eigenvalue weighted by Gasteiger charge is -2.23. The Morgan fingerprint density at radius 3 is 2.66 bits per heavy atom. The third kappa shape index (κ3) is 4.79. The van der Waals surface area contributed by atoms with Gasteiger partial charge in [0.05, 0.1) is 10.9 Å². The van der Waals surface area contributed by atoms with Gasteiger partial charge in [0.15, 0.2) is 22.2 Å². The van der Waals surface area contributed by atoms with Crippen molar-refractivity contribution in [2.45, 2.75) is 19.0 Å². The van der Waals surface area contributed by atoms with Gasteiger partial charge >= 0.3 is 0 Å². The van der Waals surface area contributed by atoms with Gasteiger partial charge in [0.1, 0.15) is 12.6 Å². The molecule has 0 aliphatic carbocycles. The second-order valence-electron chi connectivity index (χ2n) is 7.09. The number of hydrogen-bond acceptors (Lipinski definition) is 5. The lowest BCUT2D eigenvalue weighted by Crippen LogP contribution is -2.37. The predicted octanol–water partition coefficient (Wildman–Crippen LogP) is 5.31. The number of carbonyl (C=O) groups is 1. The average Bonchev–Trinajstić information content (AvgIpc) is 3.47. The van der Waals surface area contributed by atoms with Crippen molar-refractivity contribution < 1.29 is 13.9 Å². The van der Waals surface area contributed by atoms with Gasteiger partial charge in [-0.05, 0) is 48.3 Å². The second kappa shape index (κ2) is 9.88. The van der Waals surface area contributed by atoms with Crippen molar-refractivity contribution in [2.75, 3.05) is 6.61 Å². The van der Waals surface area contributed by atoms with Crippen LogP contribution in [0.3, 0.4) is 0 Å². The third-order valence-corrected chi connectivity index (χ3v) is 6.13. The SMILES string of the molecule is CC(C(=O)NC(COc1ccccc1F)c1ccccc1)n1c(-c2cccs2)n[nH]c1=S. The minimum atomic E-state index is -0.627. The van der Waals surface area contributed by atoms with Crippen LogP contribution in [0.2, 0.25) is 0 Å². The van der Waals surface area contributed by atoms with Gasteiger partial charge in [-0.3, -0.25) is 14.5 Å². The quantitative estimate of drug-likeness (QED) is 0.344. The van der Waals surface area contributed by atoms with Gasteiger partial charge in [-0.2, -0.15) is 5.10 Å². The number of benzene rings is 2. The summed E-state index contributed by atoms with van der Waals surface area (Å²) in [5.74, 6) is 0.0230. The summed E-state index contributed by atoms with van der Waals surface area (Å²) >= 11 is 6.90. The van der Waals surface area contributed by atoms with Crippen LogP contribution < -0.4 is 10.1 Å². The number of nitrogens with one attached hydrogen (secondary N) is 2. The van der Waals surface area contributed by atoms with Gasteiger partial charge in [0, 0.05) is 0 Å². The van der Waals surface area contributed by atoms with Crippen molar-refractivity contribution in [2.24, 2.45) is 0 Å². The third-order valence-electron chi connectivity index (χ3n) is 4.97. The summed E-state index contributed by atoms with van der Waals surface area (Å²) < 4.78 is 21.8. The molecule has 0 aliphatic rings. The van der Waals surface area contributed by atoms with E-state index >= 15 is 0 Å². The molecule has 0 radical (unpaired) electrons. The van der Waals surface area contributed by atoms with Crippen molar-refractivity contribution in [3.63, 3.8) is 0 Å². The number of aromatic amines is 1. The van der Waals surface area contributed by atoms with E-state index in [1.807, 2.05) is 47.8 Å². The zero-order valence-corrected chi connectivity index (χ0v) is 18.8. The van der Waals surface area contributed by atoms with Crippen LogP contribution in [-0.4, -0.2) is 27.3 Å². The van der Waals surface area contributed by atoms with E-state index in [4.69, 9.17) is 17.0 Å². The average molecular weight is 469 g/mol. The molecule has 4 aromatic rings. The molecule has 6 nitrogen and oxygen atoms in total. The standard InChI is InChI=1S/C23H21FN4O2S2/c1-15(28-21(26-27-23(28)31)20-12-7-13-32-20)22(29)25-18(16-8-3-2-4-9-16)14-30-19-11-6-5-10-17(19)24/h2-13,15,18H,14H2,1H3,(H,25,29)(H,27,31). The van der Waals surface area contributed by atoms with E-state index in [9.17, 15) is 9.18 Å². The molecular weight excluding hydrogens is 447 g/mol. The van der Waals surface area contributed by atoms with E-state index in [2.05, 4.69) is 15.5 Å². The number of H-pyrrole nitrogens is 1. The van der Waals surface area contributed by atoms with Gasteiger partial charge < -0.3 is 10.1 Å². The van der Waals surface area contributed by atoms with Gasteiger partial charge in [0.25, 0.3) is 0 Å². The Balaban J connectivity index is 1.56. The molecule has 0 spiro atoms. The van der Waals surface area contributed by atoms with E-state index in [1.165, 1.54) is 17.4 Å². The Labute approximate surface area is 193 Å². The van der Waals surface area contributed by atoms with Crippen LogP contribution in [0.1, 0.15) is 24.6 Å². The first-order valence-electron chi connectivity index (χ1n) is 9.98. The molecule has 2 aromatic carbocycles. The van der Waals surface area contributed by atoms with Crippen LogP contribution in [0.15, 0.2) is 72.1 Å². The van der Waals surface area contributed by atoms with E-state index in [0.717, 1.165) is 10.4 Å². The number of ether oxygens (including phenoxy) is 1. The number of rotatable bonds is 8. The van der Waals surface area contributed by atoms with Crippen molar-refractivity contribution in [1.29, 1.82) is 0 Å². The number of nitrogens with zero attached hydrogens (tertiary/aromatic N) is 2. The van der Waals surface area contributed by atoms with Crippen LogP contribution in [0.5, 0.6) is 5.75 Å². The van der Waals surface area contributed by atoms with Crippen LogP contribution in [0.4, 0.5) is 4.39 Å². The maximum atomic E-state index is 14.0. The Morgan fingerprint density at radius 1 is 1.19 bits per heavy atom. The fourth-order valence-electron chi connectivity index (χ4n) is 3.29. The van der Waals surface area contributed by atoms with E-state index < -0.39 is 17.9 Å². The molecule has 9 heteroatoms. The van der Waals surface area contributed by atoms with Crippen molar-refractivity contribution >= 4 is 29.5 Å². The lowest BCUT2D eigenvalue weighted by molar-refractivity contribution is -0.124. The topological polar surface area (TPSA) is 71.9 Å². The highest BCUT2D eigenvalue weighted by Crippen LogP contribution is 2.26. The van der Waals surface area contributed by atoms with Gasteiger partial charge in [-0.15, -0.1) is 11.3 Å². The smallest absolute Gasteiger partial charge is 0.243 e. The maximum Gasteiger partial charge on any atom is 0.243 e. The van der Waals surface area contributed by atoms with E-state index in [0.29, 0.717) is 10.6 Å². The number of amides is 1. The zero-order valence-electron chi connectivity index (χ0n) is 17.2. The van der Waals surface area contributed by atoms with E-state index in [1.54, 1.807) is 29.7 Å². The summed E-state index contributed by atoms with van der Waals surface area (Å²) in [5.41, 5.74) is 0.846. The fraction of sp³-hybridized carbons (Fsp3) is 0.174. The van der Waals surface area contributed by atoms with Crippen LogP contribution in [0.25, 0.3) is 10.7 Å². The summed E-state index contributed by atoms with van der Waals surface area (Å²) in [6.45, 7) is 1.83. The monoisotopic (exact) mass is 468 g/mol. The minimum Gasteiger partial charge on any atom is -0.488 e. The highest BCUT2D eigenvalue weighted by atomic mass is 32.1. The first kappa shape index (κ1) is 21.9. The van der Waals surface area contributed by atoms with Gasteiger partial charge in [-0.25, -0.2) is 4.39 Å².